The third kappa shape index (κ3) is 5.01. The van der Waals surface area contributed by atoms with E-state index in [1.54, 1.807) is 37.3 Å². The van der Waals surface area contributed by atoms with Crippen LogP contribution in [-0.4, -0.2) is 56.6 Å². The van der Waals surface area contributed by atoms with Gasteiger partial charge in [-0.1, -0.05) is 12.1 Å². The molecule has 0 spiro atoms. The highest BCUT2D eigenvalue weighted by atomic mass is 32.2. The van der Waals surface area contributed by atoms with E-state index in [-0.39, 0.29) is 11.8 Å². The van der Waals surface area contributed by atoms with E-state index in [1.165, 1.54) is 0 Å². The van der Waals surface area contributed by atoms with Gasteiger partial charge in [-0.2, -0.15) is 0 Å². The number of rotatable bonds is 5. The van der Waals surface area contributed by atoms with E-state index < -0.39 is 0 Å². The van der Waals surface area contributed by atoms with Gasteiger partial charge >= 0.3 is 0 Å². The zero-order chi connectivity index (χ0) is 20.9. The molecule has 30 heavy (non-hydrogen) atoms. The average molecular weight is 424 g/mol. The van der Waals surface area contributed by atoms with Gasteiger partial charge in [0.15, 0.2) is 0 Å². The molecule has 1 aliphatic heterocycles. The van der Waals surface area contributed by atoms with Gasteiger partial charge in [-0.15, -0.1) is 0 Å². The zero-order valence-electron chi connectivity index (χ0n) is 17.0. The third-order valence-electron chi connectivity index (χ3n) is 5.16. The van der Waals surface area contributed by atoms with E-state index in [0.717, 1.165) is 48.7 Å². The summed E-state index contributed by atoms with van der Waals surface area (Å²) in [5, 5.41) is 2.97. The van der Waals surface area contributed by atoms with Crippen LogP contribution in [0.1, 0.15) is 29.3 Å². The molecule has 0 bridgehead atoms. The summed E-state index contributed by atoms with van der Waals surface area (Å²) in [5.74, 6) is 0.0434. The molecule has 3 aromatic rings. The lowest BCUT2D eigenvalue weighted by atomic mass is 10.2. The van der Waals surface area contributed by atoms with Crippen molar-refractivity contribution in [1.82, 2.24) is 23.9 Å². The first kappa shape index (κ1) is 20.4. The first-order chi connectivity index (χ1) is 14.6. The minimum absolute atomic E-state index is 0.108. The van der Waals surface area contributed by atoms with Gasteiger partial charge in [0.1, 0.15) is 5.65 Å². The van der Waals surface area contributed by atoms with Gasteiger partial charge in [-0.3, -0.25) is 9.59 Å². The average Bonchev–Trinajstić information content (AvgIpc) is 3.10. The molecule has 1 aliphatic rings. The molecule has 2 aromatic heterocycles. The lowest BCUT2D eigenvalue weighted by Gasteiger charge is -2.20. The third-order valence-corrected chi connectivity index (χ3v) is 6.27. The highest BCUT2D eigenvalue weighted by Crippen LogP contribution is 2.24. The standard InChI is InChI=1S/C22H25N5O2S/c1-17(28)25-10-2-11-27(14-13-25)30-20-6-3-18(4-7-20)15-24-22(29)19-5-8-21-23-9-12-26(21)16-19/h3-9,12,16H,2,10-11,13-15H2,1H3,(H,24,29). The molecule has 0 radical (unpaired) electrons. The summed E-state index contributed by atoms with van der Waals surface area (Å²) >= 11 is 1.72. The van der Waals surface area contributed by atoms with Gasteiger partial charge in [0, 0.05) is 63.1 Å². The van der Waals surface area contributed by atoms with E-state index in [0.29, 0.717) is 12.1 Å². The van der Waals surface area contributed by atoms with Crippen LogP contribution < -0.4 is 5.32 Å². The Morgan fingerprint density at radius 1 is 1.07 bits per heavy atom. The Morgan fingerprint density at radius 3 is 2.70 bits per heavy atom. The zero-order valence-corrected chi connectivity index (χ0v) is 17.8. The van der Waals surface area contributed by atoms with Crippen LogP contribution in [0.15, 0.2) is 59.9 Å². The number of aromatic nitrogens is 2. The Hall–Kier alpha value is -2.84. The number of carbonyl (C=O) groups is 2. The maximum Gasteiger partial charge on any atom is 0.253 e. The van der Waals surface area contributed by atoms with Gasteiger partial charge in [0.25, 0.3) is 5.91 Å². The number of nitrogens with zero attached hydrogens (tertiary/aromatic N) is 4. The maximum absolute atomic E-state index is 12.4. The molecule has 8 heteroatoms. The molecule has 3 heterocycles. The van der Waals surface area contributed by atoms with E-state index in [1.807, 2.05) is 33.7 Å². The van der Waals surface area contributed by atoms with Crippen molar-refractivity contribution in [2.75, 3.05) is 26.2 Å². The largest absolute Gasteiger partial charge is 0.348 e. The molecule has 1 N–H and O–H groups in total. The molecule has 156 valence electrons. The number of pyridine rings is 1. The van der Waals surface area contributed by atoms with Crippen molar-refractivity contribution < 1.29 is 9.59 Å². The monoisotopic (exact) mass is 423 g/mol. The summed E-state index contributed by atoms with van der Waals surface area (Å²) in [6.07, 6.45) is 6.30. The van der Waals surface area contributed by atoms with Crippen LogP contribution in [-0.2, 0) is 11.3 Å². The number of carbonyl (C=O) groups excluding carboxylic acids is 2. The predicted octanol–water partition coefficient (Wildman–Crippen LogP) is 2.83. The molecule has 1 aromatic carbocycles. The topological polar surface area (TPSA) is 70.0 Å². The van der Waals surface area contributed by atoms with Crippen molar-refractivity contribution in [2.45, 2.75) is 24.8 Å². The van der Waals surface area contributed by atoms with E-state index in [4.69, 9.17) is 0 Å². The molecule has 1 fully saturated rings. The number of amides is 2. The van der Waals surface area contributed by atoms with Crippen molar-refractivity contribution in [2.24, 2.45) is 0 Å². The van der Waals surface area contributed by atoms with E-state index in [2.05, 4.69) is 26.7 Å². The number of imidazole rings is 1. The number of fused-ring (bicyclic) bond motifs is 1. The van der Waals surface area contributed by atoms with E-state index in [9.17, 15) is 9.59 Å². The predicted molar refractivity (Wildman–Crippen MR) is 117 cm³/mol. The van der Waals surface area contributed by atoms with Gasteiger partial charge in [0.2, 0.25) is 5.91 Å². The quantitative estimate of drug-likeness (QED) is 0.639. The number of hydrogen-bond acceptors (Lipinski definition) is 5. The first-order valence-electron chi connectivity index (χ1n) is 10.1. The van der Waals surface area contributed by atoms with Gasteiger partial charge in [-0.25, -0.2) is 9.29 Å². The number of hydrogen-bond donors (Lipinski definition) is 1. The summed E-state index contributed by atoms with van der Waals surface area (Å²) in [7, 11) is 0. The fraction of sp³-hybridized carbons (Fsp3) is 0.318. The summed E-state index contributed by atoms with van der Waals surface area (Å²) in [5.41, 5.74) is 2.47. The lowest BCUT2D eigenvalue weighted by molar-refractivity contribution is -0.128. The molecular weight excluding hydrogens is 398 g/mol. The fourth-order valence-corrected chi connectivity index (χ4v) is 4.41. The summed E-state index contributed by atoms with van der Waals surface area (Å²) in [6.45, 7) is 5.55. The summed E-state index contributed by atoms with van der Waals surface area (Å²) < 4.78 is 4.14. The molecule has 7 nitrogen and oxygen atoms in total. The molecule has 2 amide bonds. The number of benzene rings is 1. The fourth-order valence-electron chi connectivity index (χ4n) is 3.46. The molecule has 0 saturated carbocycles. The second-order valence-corrected chi connectivity index (χ2v) is 8.49. The summed E-state index contributed by atoms with van der Waals surface area (Å²) in [6, 6.07) is 11.9. The molecule has 4 rings (SSSR count). The second-order valence-electron chi connectivity index (χ2n) is 7.32. The van der Waals surface area contributed by atoms with Crippen molar-refractivity contribution >= 4 is 29.4 Å². The van der Waals surface area contributed by atoms with Crippen molar-refractivity contribution in [1.29, 1.82) is 0 Å². The Balaban J connectivity index is 1.29. The van der Waals surface area contributed by atoms with Gasteiger partial charge < -0.3 is 14.6 Å². The first-order valence-corrected chi connectivity index (χ1v) is 10.8. The van der Waals surface area contributed by atoms with Crippen molar-refractivity contribution in [3.8, 4) is 0 Å². The number of nitrogens with one attached hydrogen (secondary N) is 1. The minimum atomic E-state index is -0.108. The molecule has 0 atom stereocenters. The highest BCUT2D eigenvalue weighted by Gasteiger charge is 2.17. The molecule has 1 saturated heterocycles. The van der Waals surface area contributed by atoms with Crippen LogP contribution in [0.2, 0.25) is 0 Å². The normalized spacial score (nSPS) is 15.2. The minimum Gasteiger partial charge on any atom is -0.348 e. The molecule has 0 unspecified atom stereocenters. The lowest BCUT2D eigenvalue weighted by Crippen LogP contribution is -2.32. The Morgan fingerprint density at radius 2 is 1.90 bits per heavy atom. The second kappa shape index (κ2) is 9.32. The SMILES string of the molecule is CC(=O)N1CCCN(Sc2ccc(CNC(=O)c3ccc4nccn4c3)cc2)CC1. The van der Waals surface area contributed by atoms with Crippen LogP contribution >= 0.6 is 11.9 Å². The van der Waals surface area contributed by atoms with Crippen molar-refractivity contribution in [3.05, 3.63) is 66.1 Å². The molecule has 0 aliphatic carbocycles. The van der Waals surface area contributed by atoms with Gasteiger partial charge in [-0.05, 0) is 48.2 Å². The van der Waals surface area contributed by atoms with E-state index >= 15 is 0 Å². The summed E-state index contributed by atoms with van der Waals surface area (Å²) in [4.78, 5) is 31.3. The smallest absolute Gasteiger partial charge is 0.253 e. The van der Waals surface area contributed by atoms with Gasteiger partial charge in [0.05, 0.1) is 5.56 Å². The maximum atomic E-state index is 12.4. The Bertz CT molecular complexity index is 1030. The molecular formula is C22H25N5O2S. The van der Waals surface area contributed by atoms with Crippen molar-refractivity contribution in [3.63, 3.8) is 0 Å². The Labute approximate surface area is 180 Å². The van der Waals surface area contributed by atoms with Crippen LogP contribution in [0.5, 0.6) is 0 Å². The highest BCUT2D eigenvalue weighted by molar-refractivity contribution is 7.97. The van der Waals surface area contributed by atoms with Crippen LogP contribution in [0.25, 0.3) is 5.65 Å². The van der Waals surface area contributed by atoms with Crippen LogP contribution in [0.3, 0.4) is 0 Å². The Kier molecular flexibility index (Phi) is 6.35. The van der Waals surface area contributed by atoms with Crippen LogP contribution in [0, 0.1) is 0 Å². The van der Waals surface area contributed by atoms with Crippen LogP contribution in [0.4, 0.5) is 0 Å².